The molecule has 66 valence electrons. The summed E-state index contributed by atoms with van der Waals surface area (Å²) in [5, 5.41) is 19.4. The monoisotopic (exact) mass is 210 g/mol. The molecule has 1 aromatic rings. The molecule has 6 nitrogen and oxygen atoms in total. The first-order chi connectivity index (χ1) is 5.59. The molecule has 0 aliphatic carbocycles. The first-order valence-electron chi connectivity index (χ1n) is 2.89. The minimum absolute atomic E-state index is 0. The van der Waals surface area contributed by atoms with E-state index in [-0.39, 0.29) is 41.2 Å². The summed E-state index contributed by atoms with van der Waals surface area (Å²) in [5.74, 6) is -1.36. The van der Waals surface area contributed by atoms with Gasteiger partial charge in [-0.25, -0.2) is 9.78 Å². The van der Waals surface area contributed by atoms with Gasteiger partial charge in [0.1, 0.15) is 0 Å². The number of nitrogens with one attached hydrogen (secondary N) is 2. The second kappa shape index (κ2) is 5.18. The van der Waals surface area contributed by atoms with Gasteiger partial charge in [0, 0.05) is 5.38 Å². The van der Waals surface area contributed by atoms with Crippen LogP contribution in [-0.4, -0.2) is 51.6 Å². The summed E-state index contributed by atoms with van der Waals surface area (Å²) in [5.41, 5.74) is 4.95. The Labute approximate surface area is 100.0 Å². The van der Waals surface area contributed by atoms with E-state index in [2.05, 4.69) is 10.3 Å². The molecule has 13 heavy (non-hydrogen) atoms. The zero-order chi connectivity index (χ0) is 9.14. The Balaban J connectivity index is 0.00000144. The summed E-state index contributed by atoms with van der Waals surface area (Å²) in [7, 11) is 0. The number of carbonyl (C=O) groups is 1. The zero-order valence-corrected chi connectivity index (χ0v) is 6.68. The fourth-order valence-electron chi connectivity index (χ4n) is 0.545. The Bertz CT molecular complexity index is 326. The van der Waals surface area contributed by atoms with Crippen molar-refractivity contribution >= 4 is 58.0 Å². The summed E-state index contributed by atoms with van der Waals surface area (Å²) >= 11 is 1.08. The van der Waals surface area contributed by atoms with Crippen molar-refractivity contribution in [2.24, 2.45) is 5.73 Å². The maximum absolute atomic E-state index is 10.3. The third-order valence-corrected chi connectivity index (χ3v) is 1.72. The second-order valence-electron chi connectivity index (χ2n) is 1.88. The van der Waals surface area contributed by atoms with Crippen LogP contribution in [0.25, 0.3) is 0 Å². The van der Waals surface area contributed by atoms with Crippen LogP contribution in [0.15, 0.2) is 5.38 Å². The van der Waals surface area contributed by atoms with E-state index in [0.29, 0.717) is 5.13 Å². The SMILES string of the molecule is N=C(N)Nc1nc(C(=O)O)cs1.[NaH]. The molecule has 0 spiro atoms. The third kappa shape index (κ3) is 3.73. The van der Waals surface area contributed by atoms with Gasteiger partial charge in [0.15, 0.2) is 16.8 Å². The summed E-state index contributed by atoms with van der Waals surface area (Å²) in [4.78, 5) is 14.0. The standard InChI is InChI=1S/C5H6N4O2S.Na.H/c6-4(7)9-5-8-2(1-12-5)3(10)11;;/h1H,(H,10,11)(H4,6,7,8,9);;. The number of hydrogen-bond donors (Lipinski definition) is 4. The topological polar surface area (TPSA) is 112 Å². The van der Waals surface area contributed by atoms with Crippen molar-refractivity contribution in [1.82, 2.24) is 4.98 Å². The molecule has 0 saturated heterocycles. The maximum atomic E-state index is 10.3. The van der Waals surface area contributed by atoms with Gasteiger partial charge >= 0.3 is 35.5 Å². The molecular weight excluding hydrogens is 203 g/mol. The van der Waals surface area contributed by atoms with Crippen LogP contribution < -0.4 is 11.1 Å². The summed E-state index contributed by atoms with van der Waals surface area (Å²) in [6, 6.07) is 0. The number of carboxylic acid groups (broad SMARTS) is 1. The molecular formula is C5H7N4NaO2S. The van der Waals surface area contributed by atoms with Gasteiger partial charge in [-0.2, -0.15) is 0 Å². The number of nitrogens with zero attached hydrogens (tertiary/aromatic N) is 1. The first-order valence-corrected chi connectivity index (χ1v) is 3.77. The number of hydrogen-bond acceptors (Lipinski definition) is 4. The number of nitrogens with two attached hydrogens (primary N) is 1. The number of guanidine groups is 1. The second-order valence-corrected chi connectivity index (χ2v) is 2.74. The van der Waals surface area contributed by atoms with Crippen LogP contribution in [0.3, 0.4) is 0 Å². The van der Waals surface area contributed by atoms with Crippen molar-refractivity contribution in [3.05, 3.63) is 11.1 Å². The summed E-state index contributed by atoms with van der Waals surface area (Å²) in [6.45, 7) is 0. The van der Waals surface area contributed by atoms with E-state index in [1.165, 1.54) is 5.38 Å². The van der Waals surface area contributed by atoms with E-state index >= 15 is 0 Å². The van der Waals surface area contributed by atoms with E-state index in [0.717, 1.165) is 11.3 Å². The number of anilines is 1. The molecule has 0 radical (unpaired) electrons. The van der Waals surface area contributed by atoms with Crippen LogP contribution in [-0.2, 0) is 0 Å². The molecule has 0 atom stereocenters. The van der Waals surface area contributed by atoms with E-state index in [9.17, 15) is 4.79 Å². The van der Waals surface area contributed by atoms with Crippen LogP contribution in [0, 0.1) is 5.41 Å². The number of carboxylic acids is 1. The van der Waals surface area contributed by atoms with Gasteiger partial charge in [-0.1, -0.05) is 0 Å². The fraction of sp³-hybridized carbons (Fsp3) is 0. The summed E-state index contributed by atoms with van der Waals surface area (Å²) in [6.07, 6.45) is 0. The van der Waals surface area contributed by atoms with E-state index in [1.807, 2.05) is 0 Å². The van der Waals surface area contributed by atoms with Crippen molar-refractivity contribution < 1.29 is 9.90 Å². The predicted octanol–water partition coefficient (Wildman–Crippen LogP) is -0.502. The average molecular weight is 210 g/mol. The number of aromatic nitrogens is 1. The van der Waals surface area contributed by atoms with Crippen molar-refractivity contribution in [2.45, 2.75) is 0 Å². The number of aromatic carboxylic acids is 1. The molecule has 1 rings (SSSR count). The Morgan fingerprint density at radius 2 is 2.38 bits per heavy atom. The molecule has 0 aliphatic rings. The van der Waals surface area contributed by atoms with Crippen molar-refractivity contribution in [3.8, 4) is 0 Å². The van der Waals surface area contributed by atoms with Gasteiger partial charge in [-0.05, 0) is 0 Å². The molecule has 5 N–H and O–H groups in total. The third-order valence-electron chi connectivity index (χ3n) is 0.965. The van der Waals surface area contributed by atoms with Crippen LogP contribution in [0.1, 0.15) is 10.5 Å². The molecule has 0 bridgehead atoms. The van der Waals surface area contributed by atoms with Crippen LogP contribution in [0.2, 0.25) is 0 Å². The van der Waals surface area contributed by atoms with Gasteiger partial charge in [0.25, 0.3) is 0 Å². The van der Waals surface area contributed by atoms with Gasteiger partial charge in [-0.3, -0.25) is 5.41 Å². The zero-order valence-electron chi connectivity index (χ0n) is 5.87. The Morgan fingerprint density at radius 3 is 2.77 bits per heavy atom. The molecule has 1 aromatic heterocycles. The normalized spacial score (nSPS) is 8.62. The number of thiazole rings is 1. The van der Waals surface area contributed by atoms with E-state index < -0.39 is 5.97 Å². The molecule has 8 heteroatoms. The quantitative estimate of drug-likeness (QED) is 0.298. The molecule has 0 saturated carbocycles. The van der Waals surface area contributed by atoms with E-state index in [1.54, 1.807) is 0 Å². The molecule has 0 amide bonds. The number of rotatable bonds is 2. The fourth-order valence-corrected chi connectivity index (χ4v) is 1.24. The van der Waals surface area contributed by atoms with Crippen molar-refractivity contribution in [1.29, 1.82) is 5.41 Å². The molecule has 0 aromatic carbocycles. The van der Waals surface area contributed by atoms with Gasteiger partial charge in [-0.15, -0.1) is 11.3 Å². The van der Waals surface area contributed by atoms with Crippen molar-refractivity contribution in [2.75, 3.05) is 5.32 Å². The van der Waals surface area contributed by atoms with Crippen LogP contribution in [0.5, 0.6) is 0 Å². The summed E-state index contributed by atoms with van der Waals surface area (Å²) < 4.78 is 0. The molecule has 0 unspecified atom stereocenters. The first kappa shape index (κ1) is 12.4. The molecule has 0 fully saturated rings. The van der Waals surface area contributed by atoms with Gasteiger partial charge in [0.05, 0.1) is 0 Å². The Kier molecular flexibility index (Phi) is 4.92. The van der Waals surface area contributed by atoms with Crippen molar-refractivity contribution in [3.63, 3.8) is 0 Å². The molecule has 0 aliphatic heterocycles. The van der Waals surface area contributed by atoms with Crippen LogP contribution in [0.4, 0.5) is 5.13 Å². The minimum atomic E-state index is -1.09. The Hall–Kier alpha value is -0.630. The van der Waals surface area contributed by atoms with Gasteiger partial charge in [0.2, 0.25) is 0 Å². The average Bonchev–Trinajstić information content (AvgIpc) is 2.34. The van der Waals surface area contributed by atoms with Crippen LogP contribution >= 0.6 is 11.3 Å². The predicted molar refractivity (Wildman–Crippen MR) is 51.8 cm³/mol. The van der Waals surface area contributed by atoms with E-state index in [4.69, 9.17) is 16.2 Å². The molecule has 1 heterocycles. The Morgan fingerprint density at radius 1 is 1.77 bits per heavy atom. The van der Waals surface area contributed by atoms with Gasteiger partial charge < -0.3 is 16.2 Å².